The molecule has 3 rings (SSSR count). The van der Waals surface area contributed by atoms with Crippen molar-refractivity contribution in [2.75, 3.05) is 20.8 Å². The second-order valence-electron chi connectivity index (χ2n) is 7.78. The highest BCUT2D eigenvalue weighted by Crippen LogP contribution is 2.33. The van der Waals surface area contributed by atoms with E-state index in [2.05, 4.69) is 0 Å². The molecule has 1 saturated heterocycles. The Morgan fingerprint density at radius 2 is 1.58 bits per heavy atom. The second kappa shape index (κ2) is 10.6. The van der Waals surface area contributed by atoms with Gasteiger partial charge in [0.05, 0.1) is 33.0 Å². The molecular formula is C24H29F2NO4. The lowest BCUT2D eigenvalue weighted by Crippen LogP contribution is -2.32. The Morgan fingerprint density at radius 3 is 2.13 bits per heavy atom. The van der Waals surface area contributed by atoms with Gasteiger partial charge in [-0.1, -0.05) is 24.3 Å². The lowest BCUT2D eigenvalue weighted by Gasteiger charge is -2.27. The van der Waals surface area contributed by atoms with Crippen LogP contribution in [0, 0.1) is 5.92 Å². The summed E-state index contributed by atoms with van der Waals surface area (Å²) >= 11 is 0. The van der Waals surface area contributed by atoms with E-state index in [9.17, 15) is 13.6 Å². The first-order chi connectivity index (χ1) is 14.9. The maximum atomic E-state index is 13.2. The summed E-state index contributed by atoms with van der Waals surface area (Å²) in [5.41, 5.74) is 1.84. The molecule has 1 fully saturated rings. The van der Waals surface area contributed by atoms with Crippen LogP contribution in [0.4, 0.5) is 8.78 Å². The molecule has 3 atom stereocenters. The highest BCUT2D eigenvalue weighted by molar-refractivity contribution is 5.79. The Morgan fingerprint density at radius 1 is 1.00 bits per heavy atom. The largest absolute Gasteiger partial charge is 0.497 e. The van der Waals surface area contributed by atoms with Crippen LogP contribution >= 0.6 is 0 Å². The fourth-order valence-electron chi connectivity index (χ4n) is 3.94. The standard InChI is InChI=1S/C24H29F2NO4/c1-16(18-6-10-21(30-3)11-7-18)27-14-19(12-24(27)28)22(13-23(25)26)31-15-17-4-8-20(29-2)9-5-17/h4-11,16,19,22-23H,12-15H2,1-3H3/t16-,19?,22-/m1/s1. The molecule has 7 heteroatoms. The average Bonchev–Trinajstić information content (AvgIpc) is 3.17. The van der Waals surface area contributed by atoms with E-state index in [4.69, 9.17) is 14.2 Å². The number of halogens is 2. The van der Waals surface area contributed by atoms with Crippen LogP contribution in [0.25, 0.3) is 0 Å². The molecule has 31 heavy (non-hydrogen) atoms. The molecule has 1 aliphatic rings. The third kappa shape index (κ3) is 5.94. The predicted molar refractivity (Wildman–Crippen MR) is 113 cm³/mol. The summed E-state index contributed by atoms with van der Waals surface area (Å²) in [6, 6.07) is 14.7. The number of methoxy groups -OCH3 is 2. The molecule has 168 valence electrons. The average molecular weight is 433 g/mol. The number of benzene rings is 2. The van der Waals surface area contributed by atoms with Crippen LogP contribution in [0.3, 0.4) is 0 Å². The summed E-state index contributed by atoms with van der Waals surface area (Å²) in [6.45, 7) is 2.55. The Hall–Kier alpha value is -2.67. The first-order valence-electron chi connectivity index (χ1n) is 10.4. The Kier molecular flexibility index (Phi) is 7.85. The highest BCUT2D eigenvalue weighted by Gasteiger charge is 2.38. The van der Waals surface area contributed by atoms with Crippen molar-refractivity contribution in [3.63, 3.8) is 0 Å². The van der Waals surface area contributed by atoms with E-state index in [1.807, 2.05) is 43.3 Å². The molecule has 1 amide bonds. The molecule has 0 saturated carbocycles. The third-order valence-corrected chi connectivity index (χ3v) is 5.81. The first kappa shape index (κ1) is 23.0. The normalized spacial score (nSPS) is 18.3. The van der Waals surface area contributed by atoms with Gasteiger partial charge in [0.15, 0.2) is 0 Å². The maximum Gasteiger partial charge on any atom is 0.241 e. The van der Waals surface area contributed by atoms with E-state index in [0.717, 1.165) is 22.6 Å². The van der Waals surface area contributed by atoms with Crippen molar-refractivity contribution in [2.24, 2.45) is 5.92 Å². The summed E-state index contributed by atoms with van der Waals surface area (Å²) in [4.78, 5) is 14.5. The van der Waals surface area contributed by atoms with Crippen molar-refractivity contribution in [1.82, 2.24) is 4.90 Å². The van der Waals surface area contributed by atoms with Crippen LogP contribution < -0.4 is 9.47 Å². The molecule has 0 spiro atoms. The minimum absolute atomic E-state index is 0.0411. The van der Waals surface area contributed by atoms with Gasteiger partial charge < -0.3 is 19.1 Å². The van der Waals surface area contributed by atoms with Gasteiger partial charge in [0, 0.05) is 25.3 Å². The van der Waals surface area contributed by atoms with Gasteiger partial charge in [-0.3, -0.25) is 4.79 Å². The van der Waals surface area contributed by atoms with Crippen LogP contribution in [0.1, 0.15) is 36.9 Å². The van der Waals surface area contributed by atoms with Crippen molar-refractivity contribution < 1.29 is 27.8 Å². The quantitative estimate of drug-likeness (QED) is 0.537. The predicted octanol–water partition coefficient (Wildman–Crippen LogP) is 4.85. The topological polar surface area (TPSA) is 48.0 Å². The molecule has 0 N–H and O–H groups in total. The molecule has 1 aliphatic heterocycles. The zero-order chi connectivity index (χ0) is 22.4. The molecule has 5 nitrogen and oxygen atoms in total. The number of likely N-dealkylation sites (tertiary alicyclic amines) is 1. The van der Waals surface area contributed by atoms with Gasteiger partial charge >= 0.3 is 0 Å². The van der Waals surface area contributed by atoms with Gasteiger partial charge in [0.1, 0.15) is 11.5 Å². The molecular weight excluding hydrogens is 404 g/mol. The fraction of sp³-hybridized carbons (Fsp3) is 0.458. The molecule has 2 aromatic carbocycles. The Bertz CT molecular complexity index is 842. The Labute approximate surface area is 181 Å². The monoisotopic (exact) mass is 433 g/mol. The minimum atomic E-state index is -2.50. The molecule has 1 unspecified atom stereocenters. The Balaban J connectivity index is 1.66. The number of ether oxygens (including phenoxy) is 3. The van der Waals surface area contributed by atoms with Gasteiger partial charge in [0.2, 0.25) is 12.3 Å². The molecule has 0 aliphatic carbocycles. The third-order valence-electron chi connectivity index (χ3n) is 5.81. The fourth-order valence-corrected chi connectivity index (χ4v) is 3.94. The number of amides is 1. The number of nitrogens with zero attached hydrogens (tertiary/aromatic N) is 1. The zero-order valence-corrected chi connectivity index (χ0v) is 18.1. The van der Waals surface area contributed by atoms with Crippen molar-refractivity contribution in [3.8, 4) is 11.5 Å². The summed E-state index contributed by atoms with van der Waals surface area (Å²) in [5.74, 6) is 1.14. The first-order valence-corrected chi connectivity index (χ1v) is 10.4. The van der Waals surface area contributed by atoms with Crippen LogP contribution in [-0.4, -0.2) is 44.1 Å². The number of carbonyl (C=O) groups excluding carboxylic acids is 1. The lowest BCUT2D eigenvalue weighted by atomic mass is 9.98. The number of hydrogen-bond acceptors (Lipinski definition) is 4. The number of hydrogen-bond donors (Lipinski definition) is 0. The van der Waals surface area contributed by atoms with Gasteiger partial charge in [-0.2, -0.15) is 0 Å². The minimum Gasteiger partial charge on any atom is -0.497 e. The van der Waals surface area contributed by atoms with E-state index in [1.54, 1.807) is 31.3 Å². The molecule has 1 heterocycles. The summed E-state index contributed by atoms with van der Waals surface area (Å²) < 4.78 is 42.7. The van der Waals surface area contributed by atoms with E-state index in [-0.39, 0.29) is 30.9 Å². The molecule has 0 radical (unpaired) electrons. The number of rotatable bonds is 10. The van der Waals surface area contributed by atoms with E-state index < -0.39 is 19.0 Å². The van der Waals surface area contributed by atoms with Crippen LogP contribution in [0.2, 0.25) is 0 Å². The molecule has 0 bridgehead atoms. The van der Waals surface area contributed by atoms with Crippen molar-refractivity contribution in [1.29, 1.82) is 0 Å². The second-order valence-corrected chi connectivity index (χ2v) is 7.78. The van der Waals surface area contributed by atoms with E-state index >= 15 is 0 Å². The van der Waals surface area contributed by atoms with Crippen molar-refractivity contribution >= 4 is 5.91 Å². The van der Waals surface area contributed by atoms with Crippen molar-refractivity contribution in [2.45, 2.75) is 44.9 Å². The summed E-state index contributed by atoms with van der Waals surface area (Å²) in [6.07, 6.45) is -3.37. The molecule has 2 aromatic rings. The van der Waals surface area contributed by atoms with Crippen molar-refractivity contribution in [3.05, 3.63) is 59.7 Å². The number of alkyl halides is 2. The van der Waals surface area contributed by atoms with Gasteiger partial charge in [-0.05, 0) is 42.3 Å². The summed E-state index contributed by atoms with van der Waals surface area (Å²) in [5, 5.41) is 0. The smallest absolute Gasteiger partial charge is 0.241 e. The van der Waals surface area contributed by atoms with E-state index in [0.29, 0.717) is 6.54 Å². The maximum absolute atomic E-state index is 13.2. The van der Waals surface area contributed by atoms with Gasteiger partial charge in [-0.25, -0.2) is 8.78 Å². The molecule has 0 aromatic heterocycles. The SMILES string of the molecule is COc1ccc(CO[C@H](CC(F)F)C2CC(=O)N([C@H](C)c3ccc(OC)cc3)C2)cc1. The zero-order valence-electron chi connectivity index (χ0n) is 18.1. The number of carbonyl (C=O) groups is 1. The summed E-state index contributed by atoms with van der Waals surface area (Å²) in [7, 11) is 3.18. The van der Waals surface area contributed by atoms with Crippen LogP contribution in [0.15, 0.2) is 48.5 Å². The van der Waals surface area contributed by atoms with E-state index in [1.165, 1.54) is 0 Å². The van der Waals surface area contributed by atoms with Gasteiger partial charge in [-0.15, -0.1) is 0 Å². The lowest BCUT2D eigenvalue weighted by molar-refractivity contribution is -0.129. The highest BCUT2D eigenvalue weighted by atomic mass is 19.3. The van der Waals surface area contributed by atoms with Crippen LogP contribution in [0.5, 0.6) is 11.5 Å². The van der Waals surface area contributed by atoms with Gasteiger partial charge in [0.25, 0.3) is 0 Å². The van der Waals surface area contributed by atoms with Crippen LogP contribution in [-0.2, 0) is 16.1 Å².